The highest BCUT2D eigenvalue weighted by molar-refractivity contribution is 7.90. The maximum Gasteiger partial charge on any atom is 0.339 e. The fourth-order valence-corrected chi connectivity index (χ4v) is 3.22. The zero-order valence-corrected chi connectivity index (χ0v) is 16.7. The Morgan fingerprint density at radius 1 is 1.17 bits per heavy atom. The van der Waals surface area contributed by atoms with Crippen molar-refractivity contribution in [1.82, 2.24) is 14.7 Å². The Hall–Kier alpha value is -3.74. The normalized spacial score (nSPS) is 10.6. The van der Waals surface area contributed by atoms with Crippen LogP contribution >= 0.6 is 0 Å². The molecule has 0 unspecified atom stereocenters. The van der Waals surface area contributed by atoms with Crippen molar-refractivity contribution in [3.05, 3.63) is 48.3 Å². The number of hydrogen-bond acceptors (Lipinski definition) is 9. The molecule has 0 saturated heterocycles. The van der Waals surface area contributed by atoms with Gasteiger partial charge in [-0.05, 0) is 12.1 Å². The number of carbonyl (C=O) groups excluding carboxylic acids is 2. The van der Waals surface area contributed by atoms with E-state index in [1.165, 1.54) is 24.3 Å². The van der Waals surface area contributed by atoms with Gasteiger partial charge < -0.3 is 14.2 Å². The lowest BCUT2D eigenvalue weighted by Gasteiger charge is -2.12. The number of hydrogen-bond donors (Lipinski definition) is 2. The molecule has 0 saturated carbocycles. The van der Waals surface area contributed by atoms with E-state index in [0.29, 0.717) is 0 Å². The van der Waals surface area contributed by atoms with Gasteiger partial charge >= 0.3 is 12.0 Å². The summed E-state index contributed by atoms with van der Waals surface area (Å²) in [6, 6.07) is 3.83. The highest BCUT2D eigenvalue weighted by Gasteiger charge is 2.26. The first kappa shape index (κ1) is 22.5. The number of ether oxygens (including phenoxy) is 3. The van der Waals surface area contributed by atoms with Crippen LogP contribution in [-0.2, 0) is 14.8 Å². The minimum Gasteiger partial charge on any atom is -0.479 e. The monoisotopic (exact) mass is 440 g/mol. The molecular weight excluding hydrogens is 423 g/mol. The van der Waals surface area contributed by atoms with Crippen LogP contribution in [0.1, 0.15) is 10.4 Å². The molecule has 13 heteroatoms. The number of halogens is 1. The zero-order valence-electron chi connectivity index (χ0n) is 15.8. The summed E-state index contributed by atoms with van der Waals surface area (Å²) in [6.07, 6.45) is 1.31. The highest BCUT2D eigenvalue weighted by atomic mass is 32.2. The first-order chi connectivity index (χ1) is 14.2. The topological polar surface area (TPSA) is 146 Å². The smallest absolute Gasteiger partial charge is 0.339 e. The van der Waals surface area contributed by atoms with Crippen LogP contribution in [0.25, 0.3) is 0 Å². The first-order valence-electron chi connectivity index (χ1n) is 8.09. The van der Waals surface area contributed by atoms with Crippen LogP contribution in [0.5, 0.6) is 11.8 Å². The molecular formula is C17H17FN4O7S. The van der Waals surface area contributed by atoms with Gasteiger partial charge in [0.2, 0.25) is 11.8 Å². The Morgan fingerprint density at radius 3 is 2.33 bits per heavy atom. The van der Waals surface area contributed by atoms with Crippen LogP contribution in [0.15, 0.2) is 41.8 Å². The summed E-state index contributed by atoms with van der Waals surface area (Å²) in [5.74, 6) is -3.49. The van der Waals surface area contributed by atoms with Crippen LogP contribution in [0, 0.1) is 5.82 Å². The number of nitrogens with one attached hydrogen (secondary N) is 2. The lowest BCUT2D eigenvalue weighted by molar-refractivity contribution is 0.0545. The lowest BCUT2D eigenvalue weighted by Crippen LogP contribution is -2.35. The van der Waals surface area contributed by atoms with Gasteiger partial charge in [0.05, 0.1) is 19.8 Å². The van der Waals surface area contributed by atoms with Crippen molar-refractivity contribution in [2.75, 3.05) is 26.1 Å². The van der Waals surface area contributed by atoms with E-state index >= 15 is 0 Å². The number of sulfonamides is 1. The van der Waals surface area contributed by atoms with Crippen molar-refractivity contribution in [2.24, 2.45) is 0 Å². The molecule has 30 heavy (non-hydrogen) atoms. The van der Waals surface area contributed by atoms with E-state index in [1.807, 2.05) is 5.32 Å². The minimum absolute atomic E-state index is 0.132. The van der Waals surface area contributed by atoms with Gasteiger partial charge in [0.15, 0.2) is 0 Å². The quantitative estimate of drug-likeness (QED) is 0.460. The Morgan fingerprint density at radius 2 is 1.77 bits per heavy atom. The van der Waals surface area contributed by atoms with Gasteiger partial charge in [-0.3, -0.25) is 5.32 Å². The summed E-state index contributed by atoms with van der Waals surface area (Å²) in [6.45, 7) is 3.26. The van der Waals surface area contributed by atoms with Gasteiger partial charge in [0.25, 0.3) is 21.8 Å². The van der Waals surface area contributed by atoms with Crippen LogP contribution in [0.4, 0.5) is 15.1 Å². The Bertz CT molecular complexity index is 1050. The van der Waals surface area contributed by atoms with E-state index in [1.54, 1.807) is 4.72 Å². The van der Waals surface area contributed by atoms with Gasteiger partial charge in [0, 0.05) is 0 Å². The molecule has 160 valence electrons. The third-order valence-electron chi connectivity index (χ3n) is 3.36. The van der Waals surface area contributed by atoms with Gasteiger partial charge in [-0.2, -0.15) is 14.4 Å². The van der Waals surface area contributed by atoms with Gasteiger partial charge in [-0.25, -0.2) is 22.7 Å². The number of benzene rings is 1. The molecule has 0 aliphatic rings. The van der Waals surface area contributed by atoms with Crippen molar-refractivity contribution in [2.45, 2.75) is 4.90 Å². The van der Waals surface area contributed by atoms with Crippen LogP contribution in [-0.4, -0.2) is 51.2 Å². The second-order valence-electron chi connectivity index (χ2n) is 5.32. The van der Waals surface area contributed by atoms with Crippen molar-refractivity contribution in [3.63, 3.8) is 0 Å². The summed E-state index contributed by atoms with van der Waals surface area (Å²) in [5.41, 5.74) is -0.291. The predicted molar refractivity (Wildman–Crippen MR) is 101 cm³/mol. The number of rotatable bonds is 8. The molecule has 0 aliphatic heterocycles. The number of nitrogens with zero attached hydrogens (tertiary/aromatic N) is 2. The molecule has 1 heterocycles. The Balaban J connectivity index is 2.26. The van der Waals surface area contributed by atoms with Crippen molar-refractivity contribution < 1.29 is 36.6 Å². The number of methoxy groups -OCH3 is 2. The summed E-state index contributed by atoms with van der Waals surface area (Å²) in [4.78, 5) is 30.9. The first-order valence-corrected chi connectivity index (χ1v) is 9.58. The number of urea groups is 1. The Kier molecular flexibility index (Phi) is 7.25. The van der Waals surface area contributed by atoms with E-state index < -0.39 is 50.4 Å². The molecule has 2 amide bonds. The molecule has 1 aromatic carbocycles. The SMILES string of the molecule is C=CCOC(=O)c1ccccc1S(=O)(=O)NC(=O)Nc1nc(OC)c(F)c(OC)n1. The lowest BCUT2D eigenvalue weighted by atomic mass is 10.2. The number of carbonyl (C=O) groups is 2. The van der Waals surface area contributed by atoms with E-state index in [-0.39, 0.29) is 12.2 Å². The van der Waals surface area contributed by atoms with Gasteiger partial charge in [-0.15, -0.1) is 0 Å². The molecule has 2 aromatic rings. The van der Waals surface area contributed by atoms with Crippen LogP contribution < -0.4 is 19.5 Å². The fourth-order valence-electron chi connectivity index (χ4n) is 2.12. The molecule has 2 rings (SSSR count). The molecule has 0 aliphatic carbocycles. The van der Waals surface area contributed by atoms with Gasteiger partial charge in [-0.1, -0.05) is 24.8 Å². The van der Waals surface area contributed by atoms with E-state index in [4.69, 9.17) is 14.2 Å². The van der Waals surface area contributed by atoms with E-state index in [9.17, 15) is 22.4 Å². The van der Waals surface area contributed by atoms with Crippen molar-refractivity contribution >= 4 is 28.0 Å². The third kappa shape index (κ3) is 5.20. The average molecular weight is 440 g/mol. The number of anilines is 1. The van der Waals surface area contributed by atoms with E-state index in [2.05, 4.69) is 16.5 Å². The maximum atomic E-state index is 13.8. The molecule has 2 N–H and O–H groups in total. The maximum absolute atomic E-state index is 13.8. The number of esters is 1. The minimum atomic E-state index is -4.50. The van der Waals surface area contributed by atoms with Crippen LogP contribution in [0.2, 0.25) is 0 Å². The standard InChI is InChI=1S/C17H17FN4O7S/c1-4-9-29-15(23)10-7-5-6-8-11(10)30(25,26)22-17(24)21-16-19-13(27-2)12(18)14(20-16)28-3/h4-8H,1,9H2,2-3H3,(H2,19,20,21,22,24). The van der Waals surface area contributed by atoms with Gasteiger partial charge in [0.1, 0.15) is 11.5 Å². The molecule has 0 bridgehead atoms. The molecule has 11 nitrogen and oxygen atoms in total. The number of aromatic nitrogens is 2. The third-order valence-corrected chi connectivity index (χ3v) is 4.75. The molecule has 0 fully saturated rings. The largest absolute Gasteiger partial charge is 0.479 e. The number of amides is 2. The molecule has 0 spiro atoms. The van der Waals surface area contributed by atoms with Crippen LogP contribution in [0.3, 0.4) is 0 Å². The molecule has 0 radical (unpaired) electrons. The molecule has 1 aromatic heterocycles. The highest BCUT2D eigenvalue weighted by Crippen LogP contribution is 2.24. The zero-order chi connectivity index (χ0) is 22.3. The summed E-state index contributed by atoms with van der Waals surface area (Å²) in [5, 5.41) is 2.02. The second-order valence-corrected chi connectivity index (χ2v) is 6.97. The predicted octanol–water partition coefficient (Wildman–Crippen LogP) is 1.49. The fraction of sp³-hybridized carbons (Fsp3) is 0.176. The summed E-state index contributed by atoms with van der Waals surface area (Å²) < 4.78 is 55.0. The summed E-state index contributed by atoms with van der Waals surface area (Å²) in [7, 11) is -2.25. The van der Waals surface area contributed by atoms with E-state index in [0.717, 1.165) is 20.3 Å². The van der Waals surface area contributed by atoms with Crippen molar-refractivity contribution in [1.29, 1.82) is 0 Å². The Labute approximate surface area is 170 Å². The molecule has 0 atom stereocenters. The second kappa shape index (κ2) is 9.65. The average Bonchev–Trinajstić information content (AvgIpc) is 2.72. The van der Waals surface area contributed by atoms with Crippen molar-refractivity contribution in [3.8, 4) is 11.8 Å². The summed E-state index contributed by atoms with van der Waals surface area (Å²) >= 11 is 0.